The van der Waals surface area contributed by atoms with E-state index < -0.39 is 22.2 Å². The van der Waals surface area contributed by atoms with E-state index in [1.807, 2.05) is 31.2 Å². The highest BCUT2D eigenvalue weighted by Crippen LogP contribution is 2.33. The topological polar surface area (TPSA) is 66.4 Å². The number of benzene rings is 1. The number of fused-ring (bicyclic) bond motifs is 1. The summed E-state index contributed by atoms with van der Waals surface area (Å²) >= 11 is 1.23. The van der Waals surface area contributed by atoms with Gasteiger partial charge in [-0.1, -0.05) is 24.3 Å². The Labute approximate surface area is 122 Å². The molecule has 1 aliphatic rings. The number of aryl methyl sites for hydroxylation is 1. The number of sulfonamides is 1. The molecule has 2 aromatic rings. The second-order valence-electron chi connectivity index (χ2n) is 4.93. The molecule has 1 aromatic carbocycles. The predicted molar refractivity (Wildman–Crippen MR) is 78.3 cm³/mol. The monoisotopic (exact) mass is 309 g/mol. The number of hydrogen-bond acceptors (Lipinski definition) is 4. The van der Waals surface area contributed by atoms with Gasteiger partial charge in [-0.2, -0.15) is 0 Å². The average Bonchev–Trinajstić information content (AvgIpc) is 2.95. The Morgan fingerprint density at radius 2 is 2.00 bits per heavy atom. The van der Waals surface area contributed by atoms with Gasteiger partial charge in [-0.3, -0.25) is 0 Å². The minimum Gasteiger partial charge on any atom is -0.391 e. The summed E-state index contributed by atoms with van der Waals surface area (Å²) in [5, 5.41) is 10.1. The maximum atomic E-state index is 12.3. The van der Waals surface area contributed by atoms with Crippen LogP contribution in [0.3, 0.4) is 0 Å². The summed E-state index contributed by atoms with van der Waals surface area (Å²) in [4.78, 5) is 0.942. The van der Waals surface area contributed by atoms with Gasteiger partial charge in [0, 0.05) is 11.3 Å². The van der Waals surface area contributed by atoms with Gasteiger partial charge in [0.2, 0.25) is 0 Å². The first-order valence-corrected chi connectivity index (χ1v) is 8.62. The van der Waals surface area contributed by atoms with Gasteiger partial charge >= 0.3 is 0 Å². The molecule has 2 N–H and O–H groups in total. The van der Waals surface area contributed by atoms with Gasteiger partial charge in [-0.05, 0) is 30.2 Å². The highest BCUT2D eigenvalue weighted by atomic mass is 32.2. The van der Waals surface area contributed by atoms with E-state index in [0.717, 1.165) is 16.0 Å². The smallest absolute Gasteiger partial charge is 0.250 e. The molecule has 0 radical (unpaired) electrons. The Balaban J connectivity index is 1.92. The lowest BCUT2D eigenvalue weighted by molar-refractivity contribution is 0.151. The van der Waals surface area contributed by atoms with Gasteiger partial charge in [0.15, 0.2) is 0 Å². The van der Waals surface area contributed by atoms with Crippen molar-refractivity contribution in [3.63, 3.8) is 0 Å². The first kappa shape index (κ1) is 13.8. The fourth-order valence-electron chi connectivity index (χ4n) is 2.50. The van der Waals surface area contributed by atoms with Crippen LogP contribution in [0.2, 0.25) is 0 Å². The molecule has 0 fully saturated rings. The van der Waals surface area contributed by atoms with Crippen LogP contribution in [0.15, 0.2) is 40.6 Å². The van der Waals surface area contributed by atoms with Crippen LogP contribution in [0, 0.1) is 6.92 Å². The second-order valence-corrected chi connectivity index (χ2v) is 8.16. The molecule has 1 heterocycles. The highest BCUT2D eigenvalue weighted by molar-refractivity contribution is 7.91. The molecule has 0 saturated carbocycles. The molecule has 0 aliphatic heterocycles. The van der Waals surface area contributed by atoms with Gasteiger partial charge in [0.05, 0.1) is 12.1 Å². The van der Waals surface area contributed by atoms with Gasteiger partial charge in [0.1, 0.15) is 4.21 Å². The number of hydrogen-bond donors (Lipinski definition) is 2. The van der Waals surface area contributed by atoms with Gasteiger partial charge in [0.25, 0.3) is 10.0 Å². The first-order valence-electron chi connectivity index (χ1n) is 6.32. The van der Waals surface area contributed by atoms with Gasteiger partial charge in [-0.25, -0.2) is 13.1 Å². The lowest BCUT2D eigenvalue weighted by Crippen LogP contribution is -2.33. The maximum absolute atomic E-state index is 12.3. The van der Waals surface area contributed by atoms with Crippen LogP contribution >= 0.6 is 11.3 Å². The van der Waals surface area contributed by atoms with Crippen molar-refractivity contribution in [1.82, 2.24) is 4.72 Å². The number of rotatable bonds is 3. The van der Waals surface area contributed by atoms with Crippen molar-refractivity contribution in [2.24, 2.45) is 0 Å². The molecule has 0 spiro atoms. The third-order valence-electron chi connectivity index (χ3n) is 3.47. The molecular weight excluding hydrogens is 294 g/mol. The summed E-state index contributed by atoms with van der Waals surface area (Å²) in [5.74, 6) is 0. The highest BCUT2D eigenvalue weighted by Gasteiger charge is 2.34. The van der Waals surface area contributed by atoms with Crippen LogP contribution in [0.4, 0.5) is 0 Å². The molecule has 3 rings (SSSR count). The lowest BCUT2D eigenvalue weighted by atomic mass is 10.1. The third-order valence-corrected chi connectivity index (χ3v) is 6.40. The van der Waals surface area contributed by atoms with Crippen molar-refractivity contribution >= 4 is 21.4 Å². The Morgan fingerprint density at radius 3 is 2.70 bits per heavy atom. The number of aliphatic hydroxyl groups excluding tert-OH is 1. The summed E-state index contributed by atoms with van der Waals surface area (Å²) < 4.78 is 27.6. The van der Waals surface area contributed by atoms with E-state index in [1.165, 1.54) is 11.3 Å². The quantitative estimate of drug-likeness (QED) is 0.911. The van der Waals surface area contributed by atoms with Crippen LogP contribution in [0.1, 0.15) is 22.0 Å². The van der Waals surface area contributed by atoms with E-state index in [-0.39, 0.29) is 4.21 Å². The number of thiophene rings is 1. The minimum absolute atomic E-state index is 0.284. The molecule has 106 valence electrons. The van der Waals surface area contributed by atoms with E-state index in [4.69, 9.17) is 0 Å². The molecule has 1 aromatic heterocycles. The predicted octanol–water partition coefficient (Wildman–Crippen LogP) is 1.99. The molecule has 0 bridgehead atoms. The molecule has 20 heavy (non-hydrogen) atoms. The average molecular weight is 309 g/mol. The lowest BCUT2D eigenvalue weighted by Gasteiger charge is -2.17. The van der Waals surface area contributed by atoms with Crippen LogP contribution in [0.25, 0.3) is 0 Å². The molecule has 6 heteroatoms. The Hall–Kier alpha value is -1.21. The molecule has 1 aliphatic carbocycles. The van der Waals surface area contributed by atoms with Crippen molar-refractivity contribution in [1.29, 1.82) is 0 Å². The summed E-state index contributed by atoms with van der Waals surface area (Å²) in [5.41, 5.74) is 1.85. The van der Waals surface area contributed by atoms with E-state index in [9.17, 15) is 13.5 Å². The molecular formula is C14H15NO3S2. The largest absolute Gasteiger partial charge is 0.391 e. The van der Waals surface area contributed by atoms with Crippen molar-refractivity contribution < 1.29 is 13.5 Å². The number of aliphatic hydroxyl groups is 1. The summed E-state index contributed by atoms with van der Waals surface area (Å²) in [7, 11) is -3.59. The molecule has 2 unspecified atom stereocenters. The van der Waals surface area contributed by atoms with Gasteiger partial charge < -0.3 is 5.11 Å². The zero-order valence-corrected chi connectivity index (χ0v) is 12.5. The summed E-state index contributed by atoms with van der Waals surface area (Å²) in [6, 6.07) is 10.3. The summed E-state index contributed by atoms with van der Waals surface area (Å²) in [6.45, 7) is 1.86. The molecule has 2 atom stereocenters. The fraction of sp³-hybridized carbons (Fsp3) is 0.286. The van der Waals surface area contributed by atoms with Crippen LogP contribution in [-0.4, -0.2) is 19.6 Å². The van der Waals surface area contributed by atoms with Crippen LogP contribution < -0.4 is 4.72 Å². The minimum atomic E-state index is -3.59. The second kappa shape index (κ2) is 4.96. The Kier molecular flexibility index (Phi) is 3.41. The molecule has 0 amide bonds. The van der Waals surface area contributed by atoms with Gasteiger partial charge in [-0.15, -0.1) is 11.3 Å². The van der Waals surface area contributed by atoms with Crippen LogP contribution in [-0.2, 0) is 16.4 Å². The van der Waals surface area contributed by atoms with Crippen LogP contribution in [0.5, 0.6) is 0 Å². The SMILES string of the molecule is Cc1ccc(S(=O)(=O)NC2c3ccccc3CC2O)s1. The first-order chi connectivity index (χ1) is 9.47. The van der Waals surface area contributed by atoms with Crippen molar-refractivity contribution in [2.45, 2.75) is 29.7 Å². The van der Waals surface area contributed by atoms with Crippen molar-refractivity contribution in [3.05, 3.63) is 52.4 Å². The fourth-order valence-corrected chi connectivity index (χ4v) is 5.05. The van der Waals surface area contributed by atoms with Crippen molar-refractivity contribution in [3.8, 4) is 0 Å². The van der Waals surface area contributed by atoms with E-state index in [0.29, 0.717) is 6.42 Å². The van der Waals surface area contributed by atoms with E-state index >= 15 is 0 Å². The Bertz CT molecular complexity index is 736. The summed E-state index contributed by atoms with van der Waals surface area (Å²) in [6.07, 6.45) is -0.240. The molecule has 0 saturated heterocycles. The third kappa shape index (κ3) is 2.40. The Morgan fingerprint density at radius 1 is 1.25 bits per heavy atom. The standard InChI is InChI=1S/C14H15NO3S2/c1-9-6-7-13(19-9)20(17,18)15-14-11-5-3-2-4-10(11)8-12(14)16/h2-7,12,14-16H,8H2,1H3. The normalized spacial score (nSPS) is 21.9. The zero-order valence-electron chi connectivity index (χ0n) is 10.9. The van der Waals surface area contributed by atoms with E-state index in [2.05, 4.69) is 4.72 Å². The maximum Gasteiger partial charge on any atom is 0.250 e. The number of nitrogens with one attached hydrogen (secondary N) is 1. The van der Waals surface area contributed by atoms with Crippen molar-refractivity contribution in [2.75, 3.05) is 0 Å². The zero-order chi connectivity index (χ0) is 14.3. The van der Waals surface area contributed by atoms with E-state index in [1.54, 1.807) is 12.1 Å². The molecule has 4 nitrogen and oxygen atoms in total.